The molecule has 1 aromatic rings. The molecule has 0 aliphatic heterocycles. The van der Waals surface area contributed by atoms with Crippen LogP contribution in [0.2, 0.25) is 0 Å². The second-order valence-electron chi connectivity index (χ2n) is 5.99. The number of benzene rings is 1. The third kappa shape index (κ3) is 2.71. The zero-order chi connectivity index (χ0) is 15.8. The highest BCUT2D eigenvalue weighted by Gasteiger charge is 2.43. The highest BCUT2D eigenvalue weighted by Crippen LogP contribution is 2.44. The van der Waals surface area contributed by atoms with Crippen molar-refractivity contribution in [3.05, 3.63) is 47.0 Å². The van der Waals surface area contributed by atoms with Gasteiger partial charge in [-0.2, -0.15) is 0 Å². The molecule has 1 atom stereocenters. The molecule has 21 heavy (non-hydrogen) atoms. The Morgan fingerprint density at radius 1 is 1.33 bits per heavy atom. The van der Waals surface area contributed by atoms with Crippen LogP contribution in [0.15, 0.2) is 24.3 Å². The van der Waals surface area contributed by atoms with Gasteiger partial charge in [0.25, 0.3) is 0 Å². The Hall–Kier alpha value is -1.71. The van der Waals surface area contributed by atoms with E-state index in [1.54, 1.807) is 6.92 Å². The molecule has 1 aliphatic rings. The molecule has 0 saturated heterocycles. The van der Waals surface area contributed by atoms with Gasteiger partial charge in [0.1, 0.15) is 5.60 Å². The van der Waals surface area contributed by atoms with Gasteiger partial charge in [0.05, 0.1) is 0 Å². The normalized spacial score (nSPS) is 21.0. The van der Waals surface area contributed by atoms with Crippen LogP contribution in [-0.4, -0.2) is 5.97 Å². The van der Waals surface area contributed by atoms with Crippen LogP contribution in [0.3, 0.4) is 0 Å². The van der Waals surface area contributed by atoms with Crippen LogP contribution in [0.4, 0.5) is 8.78 Å². The third-order valence-corrected chi connectivity index (χ3v) is 4.15. The van der Waals surface area contributed by atoms with E-state index < -0.39 is 23.2 Å². The zero-order valence-corrected chi connectivity index (χ0v) is 12.6. The molecule has 0 fully saturated rings. The molecule has 2 nitrogen and oxygen atoms in total. The monoisotopic (exact) mass is 294 g/mol. The van der Waals surface area contributed by atoms with Gasteiger partial charge in [-0.1, -0.05) is 20.4 Å². The molecular weight excluding hydrogens is 274 g/mol. The van der Waals surface area contributed by atoms with Gasteiger partial charge in [-0.05, 0) is 49.8 Å². The van der Waals surface area contributed by atoms with E-state index in [1.807, 2.05) is 13.8 Å². The summed E-state index contributed by atoms with van der Waals surface area (Å²) in [7, 11) is 0. The number of fused-ring (bicyclic) bond motifs is 1. The number of halogens is 2. The summed E-state index contributed by atoms with van der Waals surface area (Å²) in [6, 6.07) is 2.39. The summed E-state index contributed by atoms with van der Waals surface area (Å²) >= 11 is 0. The lowest BCUT2D eigenvalue weighted by molar-refractivity contribution is -0.164. The summed E-state index contributed by atoms with van der Waals surface area (Å²) < 4.78 is 32.8. The fourth-order valence-corrected chi connectivity index (χ4v) is 2.94. The predicted octanol–water partition coefficient (Wildman–Crippen LogP) is 4.27. The van der Waals surface area contributed by atoms with E-state index in [1.165, 1.54) is 12.1 Å². The summed E-state index contributed by atoms with van der Waals surface area (Å²) in [5.41, 5.74) is 0.670. The van der Waals surface area contributed by atoms with Crippen molar-refractivity contribution in [2.24, 2.45) is 5.92 Å². The number of hydrogen-bond donors (Lipinski definition) is 0. The molecule has 0 aromatic heterocycles. The van der Waals surface area contributed by atoms with Gasteiger partial charge in [0.15, 0.2) is 11.6 Å². The molecule has 0 bridgehead atoms. The molecule has 0 radical (unpaired) electrons. The average molecular weight is 294 g/mol. The van der Waals surface area contributed by atoms with Crippen molar-refractivity contribution in [2.75, 3.05) is 0 Å². The molecule has 0 saturated carbocycles. The lowest BCUT2D eigenvalue weighted by Gasteiger charge is -2.41. The molecule has 0 amide bonds. The second kappa shape index (κ2) is 5.58. The molecule has 2 rings (SSSR count). The first kappa shape index (κ1) is 15.7. The van der Waals surface area contributed by atoms with E-state index in [-0.39, 0.29) is 5.92 Å². The van der Waals surface area contributed by atoms with Gasteiger partial charge in [-0.15, -0.1) is 0 Å². The van der Waals surface area contributed by atoms with Gasteiger partial charge in [0, 0.05) is 11.1 Å². The van der Waals surface area contributed by atoms with Crippen LogP contribution >= 0.6 is 0 Å². The Morgan fingerprint density at radius 3 is 2.52 bits per heavy atom. The molecule has 1 unspecified atom stereocenters. The maximum atomic E-state index is 13.7. The smallest absolute Gasteiger partial charge is 0.334 e. The fraction of sp³-hybridized carbons (Fsp3) is 0.471. The first-order valence-electron chi connectivity index (χ1n) is 7.15. The van der Waals surface area contributed by atoms with Crippen LogP contribution in [0.25, 0.3) is 0 Å². The van der Waals surface area contributed by atoms with Gasteiger partial charge < -0.3 is 4.74 Å². The molecule has 1 aromatic carbocycles. The Morgan fingerprint density at radius 2 is 1.95 bits per heavy atom. The van der Waals surface area contributed by atoms with Crippen LogP contribution < -0.4 is 0 Å². The minimum absolute atomic E-state index is 0.0512. The van der Waals surface area contributed by atoms with Crippen molar-refractivity contribution in [1.29, 1.82) is 0 Å². The van der Waals surface area contributed by atoms with Crippen molar-refractivity contribution in [2.45, 2.75) is 45.6 Å². The number of hydrogen-bond acceptors (Lipinski definition) is 2. The molecule has 114 valence electrons. The summed E-state index contributed by atoms with van der Waals surface area (Å²) in [4.78, 5) is 12.0. The first-order valence-corrected chi connectivity index (χ1v) is 7.15. The summed E-state index contributed by atoms with van der Waals surface area (Å²) in [5, 5.41) is 0. The number of esters is 1. The maximum Gasteiger partial charge on any atom is 0.334 e. The van der Waals surface area contributed by atoms with E-state index in [9.17, 15) is 13.6 Å². The number of carbonyl (C=O) groups excluding carboxylic acids is 1. The molecule has 0 N–H and O–H groups in total. The molecule has 0 spiro atoms. The topological polar surface area (TPSA) is 26.3 Å². The Labute approximate surface area is 123 Å². The van der Waals surface area contributed by atoms with Crippen LogP contribution in [0.5, 0.6) is 0 Å². The van der Waals surface area contributed by atoms with Crippen molar-refractivity contribution in [3.8, 4) is 0 Å². The number of aryl methyl sites for hydroxylation is 1. The Bertz CT molecular complexity index is 593. The first-order chi connectivity index (χ1) is 9.78. The van der Waals surface area contributed by atoms with Crippen LogP contribution in [0.1, 0.15) is 44.7 Å². The molecular formula is C17H20F2O2. The Balaban J connectivity index is 2.56. The standard InChI is InChI=1S/C17H20F2O2/c1-10(2)16(20)21-17(11(3)4)7-5-6-12-8-14(18)15(19)9-13(12)17/h8-9,11H,1,5-7H2,2-4H3. The lowest BCUT2D eigenvalue weighted by atomic mass is 9.72. The minimum Gasteiger partial charge on any atom is -0.451 e. The summed E-state index contributed by atoms with van der Waals surface area (Å²) in [6.45, 7) is 9.00. The number of carbonyl (C=O) groups is 1. The van der Waals surface area contributed by atoms with E-state index in [2.05, 4.69) is 6.58 Å². The van der Waals surface area contributed by atoms with Gasteiger partial charge in [-0.3, -0.25) is 0 Å². The zero-order valence-electron chi connectivity index (χ0n) is 12.6. The number of ether oxygens (including phenoxy) is 1. The van der Waals surface area contributed by atoms with Gasteiger partial charge in [-0.25, -0.2) is 13.6 Å². The quantitative estimate of drug-likeness (QED) is 0.614. The van der Waals surface area contributed by atoms with E-state index in [0.29, 0.717) is 29.5 Å². The van der Waals surface area contributed by atoms with Crippen molar-refractivity contribution < 1.29 is 18.3 Å². The van der Waals surface area contributed by atoms with E-state index in [4.69, 9.17) is 4.74 Å². The van der Waals surface area contributed by atoms with E-state index >= 15 is 0 Å². The second-order valence-corrected chi connectivity index (χ2v) is 5.99. The molecule has 4 heteroatoms. The molecule has 0 heterocycles. The minimum atomic E-state index is -0.918. The van der Waals surface area contributed by atoms with Gasteiger partial charge >= 0.3 is 5.97 Å². The Kier molecular flexibility index (Phi) is 4.17. The summed E-state index contributed by atoms with van der Waals surface area (Å²) in [6.07, 6.45) is 2.02. The maximum absolute atomic E-state index is 13.7. The fourth-order valence-electron chi connectivity index (χ4n) is 2.94. The van der Waals surface area contributed by atoms with E-state index in [0.717, 1.165) is 6.42 Å². The largest absolute Gasteiger partial charge is 0.451 e. The highest BCUT2D eigenvalue weighted by molar-refractivity contribution is 5.87. The lowest BCUT2D eigenvalue weighted by Crippen LogP contribution is -2.41. The molecule has 1 aliphatic carbocycles. The third-order valence-electron chi connectivity index (χ3n) is 4.15. The summed E-state index contributed by atoms with van der Waals surface area (Å²) in [5.74, 6) is -2.32. The van der Waals surface area contributed by atoms with Crippen molar-refractivity contribution >= 4 is 5.97 Å². The SMILES string of the molecule is C=C(C)C(=O)OC1(C(C)C)CCCc2cc(F)c(F)cc21. The van der Waals surface area contributed by atoms with Crippen LogP contribution in [0, 0.1) is 17.6 Å². The van der Waals surface area contributed by atoms with Crippen molar-refractivity contribution in [1.82, 2.24) is 0 Å². The average Bonchev–Trinajstić information content (AvgIpc) is 2.40. The van der Waals surface area contributed by atoms with Crippen molar-refractivity contribution in [3.63, 3.8) is 0 Å². The van der Waals surface area contributed by atoms with Gasteiger partial charge in [0.2, 0.25) is 0 Å². The highest BCUT2D eigenvalue weighted by atomic mass is 19.2. The predicted molar refractivity (Wildman–Crippen MR) is 76.7 cm³/mol. The van der Waals surface area contributed by atoms with Crippen LogP contribution in [-0.2, 0) is 21.6 Å². The number of rotatable bonds is 3.